The summed E-state index contributed by atoms with van der Waals surface area (Å²) in [7, 11) is 0. The highest BCUT2D eigenvalue weighted by Gasteiger charge is 2.08. The van der Waals surface area contributed by atoms with E-state index in [1.165, 1.54) is 4.57 Å². The number of hydrogen-bond donors (Lipinski definition) is 1. The molecular formula is C14H12N4O. The predicted octanol–water partition coefficient (Wildman–Crippen LogP) is 1.42. The molecule has 5 nitrogen and oxygen atoms in total. The van der Waals surface area contributed by atoms with Gasteiger partial charge in [0.1, 0.15) is 5.82 Å². The van der Waals surface area contributed by atoms with Gasteiger partial charge < -0.3 is 5.73 Å². The fourth-order valence-corrected chi connectivity index (χ4v) is 2.03. The van der Waals surface area contributed by atoms with Crippen molar-refractivity contribution in [3.8, 4) is 0 Å². The van der Waals surface area contributed by atoms with Crippen LogP contribution in [0, 0.1) is 0 Å². The molecule has 94 valence electrons. The van der Waals surface area contributed by atoms with Crippen molar-refractivity contribution in [3.05, 3.63) is 64.8 Å². The Morgan fingerprint density at radius 2 is 2.00 bits per heavy atom. The van der Waals surface area contributed by atoms with E-state index in [2.05, 4.69) is 9.97 Å². The highest BCUT2D eigenvalue weighted by molar-refractivity contribution is 5.87. The molecule has 0 fully saturated rings. The summed E-state index contributed by atoms with van der Waals surface area (Å²) in [6.07, 6.45) is 3.40. The van der Waals surface area contributed by atoms with Gasteiger partial charge in [-0.05, 0) is 23.8 Å². The van der Waals surface area contributed by atoms with E-state index in [0.29, 0.717) is 17.9 Å². The van der Waals surface area contributed by atoms with Crippen molar-refractivity contribution in [2.75, 3.05) is 5.73 Å². The molecule has 2 heterocycles. The number of fused-ring (bicyclic) bond motifs is 1. The molecule has 5 heteroatoms. The number of pyridine rings is 1. The molecule has 0 unspecified atom stereocenters. The number of anilines is 1. The van der Waals surface area contributed by atoms with Gasteiger partial charge in [-0.15, -0.1) is 0 Å². The van der Waals surface area contributed by atoms with E-state index in [0.717, 1.165) is 10.9 Å². The summed E-state index contributed by atoms with van der Waals surface area (Å²) in [5.41, 5.74) is 7.25. The van der Waals surface area contributed by atoms with Gasteiger partial charge in [-0.1, -0.05) is 18.2 Å². The van der Waals surface area contributed by atoms with E-state index in [9.17, 15) is 4.79 Å². The Bertz CT molecular complexity index is 780. The lowest BCUT2D eigenvalue weighted by molar-refractivity contribution is 0.747. The molecule has 0 amide bonds. The number of nitrogen functional groups attached to an aromatic ring is 1. The minimum atomic E-state index is -0.347. The normalized spacial score (nSPS) is 10.7. The van der Waals surface area contributed by atoms with Crippen molar-refractivity contribution in [1.29, 1.82) is 0 Å². The number of para-hydroxylation sites is 1. The Hall–Kier alpha value is -2.69. The van der Waals surface area contributed by atoms with Crippen molar-refractivity contribution >= 4 is 16.7 Å². The molecule has 0 bridgehead atoms. The van der Waals surface area contributed by atoms with E-state index in [-0.39, 0.29) is 5.69 Å². The minimum Gasteiger partial charge on any atom is -0.384 e. The van der Waals surface area contributed by atoms with Crippen LogP contribution in [0.3, 0.4) is 0 Å². The summed E-state index contributed by atoms with van der Waals surface area (Å²) in [5.74, 6) is 0.430. The second-order valence-electron chi connectivity index (χ2n) is 4.24. The minimum absolute atomic E-state index is 0.347. The predicted molar refractivity (Wildman–Crippen MR) is 73.8 cm³/mol. The first-order valence-electron chi connectivity index (χ1n) is 5.89. The number of hydrogen-bond acceptors (Lipinski definition) is 4. The fourth-order valence-electron chi connectivity index (χ4n) is 2.03. The first kappa shape index (κ1) is 11.4. The summed E-state index contributed by atoms with van der Waals surface area (Å²) < 4.78 is 1.46. The number of aromatic nitrogens is 3. The average molecular weight is 252 g/mol. The molecule has 3 rings (SSSR count). The number of benzene rings is 1. The Morgan fingerprint density at radius 3 is 2.79 bits per heavy atom. The van der Waals surface area contributed by atoms with E-state index < -0.39 is 0 Å². The van der Waals surface area contributed by atoms with Crippen LogP contribution in [-0.4, -0.2) is 14.5 Å². The molecule has 3 aromatic rings. The van der Waals surface area contributed by atoms with Gasteiger partial charge in [0.15, 0.2) is 0 Å². The highest BCUT2D eigenvalue weighted by atomic mass is 16.1. The Balaban J connectivity index is 2.16. The van der Waals surface area contributed by atoms with Crippen LogP contribution in [0.2, 0.25) is 0 Å². The summed E-state index contributed by atoms with van der Waals surface area (Å²) in [6.45, 7) is 0.371. The van der Waals surface area contributed by atoms with Crippen LogP contribution in [0.1, 0.15) is 5.56 Å². The molecule has 0 aliphatic rings. The smallest absolute Gasteiger partial charge is 0.350 e. The Kier molecular flexibility index (Phi) is 2.72. The van der Waals surface area contributed by atoms with E-state index >= 15 is 0 Å². The first-order valence-corrected chi connectivity index (χ1v) is 5.89. The Labute approximate surface area is 109 Å². The van der Waals surface area contributed by atoms with Crippen molar-refractivity contribution < 1.29 is 0 Å². The molecule has 2 aromatic heterocycles. The largest absolute Gasteiger partial charge is 0.384 e. The standard InChI is InChI=1S/C14H12N4O/c15-13-11-5-1-2-6-12(11)17-14(19)18(13)9-10-4-3-7-16-8-10/h1-8H,9,15H2. The summed E-state index contributed by atoms with van der Waals surface area (Å²) >= 11 is 0. The lowest BCUT2D eigenvalue weighted by Gasteiger charge is -2.10. The lowest BCUT2D eigenvalue weighted by Crippen LogP contribution is -2.26. The molecule has 0 aliphatic carbocycles. The molecule has 0 saturated carbocycles. The van der Waals surface area contributed by atoms with Gasteiger partial charge in [-0.25, -0.2) is 4.79 Å². The average Bonchev–Trinajstić information content (AvgIpc) is 2.45. The molecule has 19 heavy (non-hydrogen) atoms. The van der Waals surface area contributed by atoms with Crippen molar-refractivity contribution in [1.82, 2.24) is 14.5 Å². The van der Waals surface area contributed by atoms with Crippen molar-refractivity contribution in [3.63, 3.8) is 0 Å². The third kappa shape index (κ3) is 2.06. The maximum absolute atomic E-state index is 12.0. The van der Waals surface area contributed by atoms with Crippen molar-refractivity contribution in [2.24, 2.45) is 0 Å². The second kappa shape index (κ2) is 4.53. The highest BCUT2D eigenvalue weighted by Crippen LogP contribution is 2.17. The van der Waals surface area contributed by atoms with E-state index in [1.807, 2.05) is 30.3 Å². The SMILES string of the molecule is Nc1c2ccccc2nc(=O)n1Cc1cccnc1. The molecular weight excluding hydrogens is 240 g/mol. The van der Waals surface area contributed by atoms with Gasteiger partial charge in [0.05, 0.1) is 12.1 Å². The van der Waals surface area contributed by atoms with Crippen LogP contribution < -0.4 is 11.4 Å². The molecule has 1 aromatic carbocycles. The van der Waals surface area contributed by atoms with E-state index in [4.69, 9.17) is 5.73 Å². The third-order valence-corrected chi connectivity index (χ3v) is 2.98. The number of nitrogens with two attached hydrogens (primary N) is 1. The van der Waals surface area contributed by atoms with Gasteiger partial charge in [0, 0.05) is 17.8 Å². The summed E-state index contributed by atoms with van der Waals surface area (Å²) in [6, 6.07) is 11.1. The number of nitrogens with zero attached hydrogens (tertiary/aromatic N) is 3. The van der Waals surface area contributed by atoms with Crippen molar-refractivity contribution in [2.45, 2.75) is 6.54 Å². The molecule has 0 spiro atoms. The molecule has 2 N–H and O–H groups in total. The Morgan fingerprint density at radius 1 is 1.16 bits per heavy atom. The van der Waals surface area contributed by atoms with Gasteiger partial charge in [0.2, 0.25) is 0 Å². The number of rotatable bonds is 2. The third-order valence-electron chi connectivity index (χ3n) is 2.98. The quantitative estimate of drug-likeness (QED) is 0.748. The zero-order chi connectivity index (χ0) is 13.2. The van der Waals surface area contributed by atoms with E-state index in [1.54, 1.807) is 18.5 Å². The van der Waals surface area contributed by atoms with Gasteiger partial charge in [-0.3, -0.25) is 9.55 Å². The molecule has 0 aliphatic heterocycles. The maximum atomic E-state index is 12.0. The van der Waals surface area contributed by atoms with Crippen LogP contribution in [-0.2, 0) is 6.54 Å². The zero-order valence-electron chi connectivity index (χ0n) is 10.2. The maximum Gasteiger partial charge on any atom is 0.350 e. The summed E-state index contributed by atoms with van der Waals surface area (Å²) in [4.78, 5) is 20.1. The van der Waals surface area contributed by atoms with Crippen LogP contribution in [0.5, 0.6) is 0 Å². The van der Waals surface area contributed by atoms with Crippen LogP contribution in [0.15, 0.2) is 53.6 Å². The first-order chi connectivity index (χ1) is 9.25. The van der Waals surface area contributed by atoms with Gasteiger partial charge >= 0.3 is 5.69 Å². The topological polar surface area (TPSA) is 73.8 Å². The monoisotopic (exact) mass is 252 g/mol. The van der Waals surface area contributed by atoms with Crippen LogP contribution in [0.25, 0.3) is 10.9 Å². The lowest BCUT2D eigenvalue weighted by atomic mass is 10.2. The van der Waals surface area contributed by atoms with Gasteiger partial charge in [-0.2, -0.15) is 4.98 Å². The summed E-state index contributed by atoms with van der Waals surface area (Å²) in [5, 5.41) is 0.783. The van der Waals surface area contributed by atoms with Crippen LogP contribution >= 0.6 is 0 Å². The molecule has 0 radical (unpaired) electrons. The van der Waals surface area contributed by atoms with Gasteiger partial charge in [0.25, 0.3) is 0 Å². The van der Waals surface area contributed by atoms with Crippen LogP contribution in [0.4, 0.5) is 5.82 Å². The zero-order valence-corrected chi connectivity index (χ0v) is 10.2. The fraction of sp³-hybridized carbons (Fsp3) is 0.0714. The molecule has 0 atom stereocenters. The molecule has 0 saturated heterocycles. The second-order valence-corrected chi connectivity index (χ2v) is 4.24.